The third kappa shape index (κ3) is 5.61. The fourth-order valence-electron chi connectivity index (χ4n) is 0.571. The molecule has 12 heavy (non-hydrogen) atoms. The Balaban J connectivity index is 3.48. The van der Waals surface area contributed by atoms with Gasteiger partial charge in [-0.05, 0) is 6.42 Å². The molecule has 0 spiro atoms. The van der Waals surface area contributed by atoms with Gasteiger partial charge in [0.05, 0.1) is 7.11 Å². The monoisotopic (exact) mass is 172 g/mol. The van der Waals surface area contributed by atoms with Gasteiger partial charge in [-0.2, -0.15) is 0 Å². The molecule has 0 amide bonds. The number of aliphatic hydroxyl groups is 1. The Morgan fingerprint density at radius 3 is 2.67 bits per heavy atom. The van der Waals surface area contributed by atoms with Crippen molar-refractivity contribution < 1.29 is 19.4 Å². The molecule has 0 aromatic rings. The van der Waals surface area contributed by atoms with E-state index in [0.717, 1.165) is 0 Å². The van der Waals surface area contributed by atoms with Gasteiger partial charge in [-0.1, -0.05) is 6.08 Å². The number of aliphatic hydroxyl groups excluding tert-OH is 1. The predicted molar refractivity (Wildman–Crippen MR) is 42.5 cm³/mol. The van der Waals surface area contributed by atoms with E-state index in [1.807, 2.05) is 0 Å². The molecule has 0 unspecified atom stereocenters. The molecule has 0 heterocycles. The first kappa shape index (κ1) is 10.8. The minimum Gasteiger partial charge on any atom is -0.466 e. The fourth-order valence-corrected chi connectivity index (χ4v) is 0.571. The summed E-state index contributed by atoms with van der Waals surface area (Å²) >= 11 is 0. The molecule has 0 saturated heterocycles. The average molecular weight is 172 g/mol. The molecule has 0 aliphatic heterocycles. The highest BCUT2D eigenvalue weighted by molar-refractivity contribution is 5.82. The zero-order valence-corrected chi connectivity index (χ0v) is 6.95. The summed E-state index contributed by atoms with van der Waals surface area (Å²) in [7, 11) is 1.28. The van der Waals surface area contributed by atoms with Gasteiger partial charge >= 0.3 is 5.97 Å². The lowest BCUT2D eigenvalue weighted by molar-refractivity contribution is -0.134. The van der Waals surface area contributed by atoms with Gasteiger partial charge in [0, 0.05) is 12.5 Å². The van der Waals surface area contributed by atoms with Gasteiger partial charge < -0.3 is 9.84 Å². The number of carbonyl (C=O) groups is 2. The fraction of sp³-hybridized carbons (Fsp3) is 0.500. The second-order valence-electron chi connectivity index (χ2n) is 2.16. The van der Waals surface area contributed by atoms with E-state index in [2.05, 4.69) is 4.74 Å². The summed E-state index contributed by atoms with van der Waals surface area (Å²) in [6.07, 6.45) is 3.50. The van der Waals surface area contributed by atoms with Crippen LogP contribution in [0.1, 0.15) is 12.8 Å². The average Bonchev–Trinajstić information content (AvgIpc) is 2.11. The van der Waals surface area contributed by atoms with E-state index >= 15 is 0 Å². The number of methoxy groups -OCH3 is 1. The number of ketones is 1. The second kappa shape index (κ2) is 6.54. The Kier molecular flexibility index (Phi) is 5.91. The molecular formula is C8H12O4. The number of Topliss-reactive ketones (excluding diaryl/α,β-unsaturated/α-hetero) is 1. The molecule has 0 aliphatic carbocycles. The molecule has 0 aliphatic rings. The van der Waals surface area contributed by atoms with Crippen molar-refractivity contribution in [1.29, 1.82) is 0 Å². The van der Waals surface area contributed by atoms with E-state index in [9.17, 15) is 9.59 Å². The molecule has 0 fully saturated rings. The molecule has 68 valence electrons. The van der Waals surface area contributed by atoms with Gasteiger partial charge in [-0.15, -0.1) is 0 Å². The summed E-state index contributed by atoms with van der Waals surface area (Å²) in [6, 6.07) is 0. The Labute approximate surface area is 70.8 Å². The highest BCUT2D eigenvalue weighted by Gasteiger charge is 1.96. The van der Waals surface area contributed by atoms with Crippen LogP contribution in [0.15, 0.2) is 12.2 Å². The van der Waals surface area contributed by atoms with Crippen molar-refractivity contribution in [3.05, 3.63) is 12.2 Å². The second-order valence-corrected chi connectivity index (χ2v) is 2.16. The van der Waals surface area contributed by atoms with Gasteiger partial charge in [0.25, 0.3) is 0 Å². The number of allylic oxidation sites excluding steroid dienone is 1. The van der Waals surface area contributed by atoms with Crippen LogP contribution in [0.3, 0.4) is 0 Å². The lowest BCUT2D eigenvalue weighted by Gasteiger charge is -1.91. The molecule has 0 aromatic carbocycles. The first-order valence-electron chi connectivity index (χ1n) is 3.57. The zero-order valence-electron chi connectivity index (χ0n) is 6.95. The van der Waals surface area contributed by atoms with Crippen LogP contribution < -0.4 is 0 Å². The van der Waals surface area contributed by atoms with Crippen LogP contribution in [-0.2, 0) is 14.3 Å². The van der Waals surface area contributed by atoms with Gasteiger partial charge in [0.2, 0.25) is 0 Å². The standard InChI is InChI=1S/C8H12O4/c1-12-8(11)5-3-2-4-7(10)6-9/h3,5,9H,2,4,6H2,1H3/b5-3+. The Hall–Kier alpha value is -1.16. The Morgan fingerprint density at radius 2 is 2.17 bits per heavy atom. The molecule has 0 saturated carbocycles. The number of carbonyl (C=O) groups excluding carboxylic acids is 2. The Bertz CT molecular complexity index is 183. The predicted octanol–water partition coefficient (Wildman–Crippen LogP) is 0.0572. The summed E-state index contributed by atoms with van der Waals surface area (Å²) in [5.74, 6) is -0.670. The summed E-state index contributed by atoms with van der Waals surface area (Å²) in [6.45, 7) is -0.438. The smallest absolute Gasteiger partial charge is 0.330 e. The molecule has 0 rings (SSSR count). The van der Waals surface area contributed by atoms with E-state index in [-0.39, 0.29) is 12.2 Å². The van der Waals surface area contributed by atoms with Gasteiger partial charge in [-0.3, -0.25) is 4.79 Å². The van der Waals surface area contributed by atoms with Crippen molar-refractivity contribution in [2.45, 2.75) is 12.8 Å². The van der Waals surface area contributed by atoms with Crippen molar-refractivity contribution >= 4 is 11.8 Å². The minimum atomic E-state index is -0.438. The number of rotatable bonds is 5. The third-order valence-electron chi connectivity index (χ3n) is 1.22. The zero-order chi connectivity index (χ0) is 9.40. The first-order chi connectivity index (χ1) is 5.70. The van der Waals surface area contributed by atoms with Crippen molar-refractivity contribution in [3.63, 3.8) is 0 Å². The van der Waals surface area contributed by atoms with Crippen molar-refractivity contribution in [2.75, 3.05) is 13.7 Å². The molecular weight excluding hydrogens is 160 g/mol. The summed E-state index contributed by atoms with van der Waals surface area (Å²) in [5, 5.41) is 8.32. The lowest BCUT2D eigenvalue weighted by atomic mass is 10.2. The largest absolute Gasteiger partial charge is 0.466 e. The number of hydrogen-bond donors (Lipinski definition) is 1. The molecule has 4 heteroatoms. The molecule has 0 atom stereocenters. The van der Waals surface area contributed by atoms with E-state index in [1.54, 1.807) is 6.08 Å². The van der Waals surface area contributed by atoms with E-state index in [0.29, 0.717) is 6.42 Å². The Morgan fingerprint density at radius 1 is 1.50 bits per heavy atom. The third-order valence-corrected chi connectivity index (χ3v) is 1.22. The number of ether oxygens (including phenoxy) is 1. The SMILES string of the molecule is COC(=O)/C=C/CCC(=O)CO. The van der Waals surface area contributed by atoms with E-state index < -0.39 is 12.6 Å². The summed E-state index contributed by atoms with van der Waals surface area (Å²) in [5.41, 5.74) is 0. The molecule has 4 nitrogen and oxygen atoms in total. The van der Waals surface area contributed by atoms with Crippen LogP contribution in [0, 0.1) is 0 Å². The summed E-state index contributed by atoms with van der Waals surface area (Å²) < 4.78 is 4.32. The van der Waals surface area contributed by atoms with E-state index in [4.69, 9.17) is 5.11 Å². The maximum atomic E-state index is 10.5. The topological polar surface area (TPSA) is 63.6 Å². The van der Waals surface area contributed by atoms with Gasteiger partial charge in [0.15, 0.2) is 5.78 Å². The maximum Gasteiger partial charge on any atom is 0.330 e. The van der Waals surface area contributed by atoms with Crippen LogP contribution in [0.4, 0.5) is 0 Å². The maximum absolute atomic E-state index is 10.5. The highest BCUT2D eigenvalue weighted by atomic mass is 16.5. The molecule has 0 bridgehead atoms. The number of esters is 1. The highest BCUT2D eigenvalue weighted by Crippen LogP contribution is 1.92. The minimum absolute atomic E-state index is 0.232. The van der Waals surface area contributed by atoms with Crippen LogP contribution in [-0.4, -0.2) is 30.6 Å². The number of hydrogen-bond acceptors (Lipinski definition) is 4. The van der Waals surface area contributed by atoms with Gasteiger partial charge in [0.1, 0.15) is 6.61 Å². The van der Waals surface area contributed by atoms with Gasteiger partial charge in [-0.25, -0.2) is 4.79 Å². The quantitative estimate of drug-likeness (QED) is 0.470. The van der Waals surface area contributed by atoms with Crippen LogP contribution in [0.5, 0.6) is 0 Å². The summed E-state index contributed by atoms with van der Waals surface area (Å²) in [4.78, 5) is 21.0. The first-order valence-corrected chi connectivity index (χ1v) is 3.57. The van der Waals surface area contributed by atoms with Crippen molar-refractivity contribution in [2.24, 2.45) is 0 Å². The molecule has 0 radical (unpaired) electrons. The molecule has 1 N–H and O–H groups in total. The van der Waals surface area contributed by atoms with Crippen LogP contribution >= 0.6 is 0 Å². The molecule has 0 aromatic heterocycles. The van der Waals surface area contributed by atoms with Crippen molar-refractivity contribution in [3.8, 4) is 0 Å². The normalized spacial score (nSPS) is 10.2. The van der Waals surface area contributed by atoms with Crippen molar-refractivity contribution in [1.82, 2.24) is 0 Å². The van der Waals surface area contributed by atoms with E-state index in [1.165, 1.54) is 13.2 Å². The lowest BCUT2D eigenvalue weighted by Crippen LogP contribution is -2.02. The van der Waals surface area contributed by atoms with Crippen LogP contribution in [0.25, 0.3) is 0 Å². The van der Waals surface area contributed by atoms with Crippen LogP contribution in [0.2, 0.25) is 0 Å².